The Balaban J connectivity index is 1.41. The average Bonchev–Trinajstić information content (AvgIpc) is 3.34. The number of rotatable bonds is 8. The lowest BCUT2D eigenvalue weighted by Crippen LogP contribution is -2.40. The van der Waals surface area contributed by atoms with Crippen LogP contribution in [-0.4, -0.2) is 17.6 Å². The van der Waals surface area contributed by atoms with Crippen LogP contribution in [0.4, 0.5) is 5.69 Å². The van der Waals surface area contributed by atoms with Crippen molar-refractivity contribution in [3.63, 3.8) is 0 Å². The van der Waals surface area contributed by atoms with E-state index >= 15 is 0 Å². The lowest BCUT2D eigenvalue weighted by Gasteiger charge is -2.25. The average molecular weight is 748 g/mol. The summed E-state index contributed by atoms with van der Waals surface area (Å²) >= 11 is 9.70. The quantitative estimate of drug-likeness (QED) is 0.179. The molecule has 0 aliphatic carbocycles. The summed E-state index contributed by atoms with van der Waals surface area (Å²) in [5, 5.41) is 3.52. The van der Waals surface area contributed by atoms with E-state index in [2.05, 4.69) is 27.9 Å². The molecule has 2 heterocycles. The zero-order valence-electron chi connectivity index (χ0n) is 24.3. The van der Waals surface area contributed by atoms with Gasteiger partial charge in [0.1, 0.15) is 6.61 Å². The topological polar surface area (TPSA) is 81.9 Å². The van der Waals surface area contributed by atoms with Crippen molar-refractivity contribution in [2.75, 3.05) is 12.4 Å². The molecule has 1 aromatic heterocycles. The number of thiazole rings is 1. The molecule has 10 heteroatoms. The van der Waals surface area contributed by atoms with Crippen molar-refractivity contribution in [2.45, 2.75) is 19.6 Å². The van der Waals surface area contributed by atoms with E-state index in [1.807, 2.05) is 91.0 Å². The van der Waals surface area contributed by atoms with Crippen LogP contribution in [0.5, 0.6) is 11.5 Å². The van der Waals surface area contributed by atoms with Crippen LogP contribution in [-0.2, 0) is 11.4 Å². The number of ether oxygens (including phenoxy) is 2. The van der Waals surface area contributed by atoms with E-state index in [4.69, 9.17) is 26.1 Å². The maximum atomic E-state index is 14.1. The molecule has 226 valence electrons. The number of carbonyl (C=O) groups is 1. The predicted molar refractivity (Wildman–Crippen MR) is 187 cm³/mol. The van der Waals surface area contributed by atoms with Crippen LogP contribution in [0.2, 0.25) is 5.02 Å². The molecular formula is C35H27ClIN3O4S. The number of hydrogen-bond acceptors (Lipinski definition) is 6. The summed E-state index contributed by atoms with van der Waals surface area (Å²) in [7, 11) is 1.59. The number of benzene rings is 4. The second-order valence-corrected chi connectivity index (χ2v) is 12.9. The third-order valence-corrected chi connectivity index (χ3v) is 9.30. The zero-order valence-corrected chi connectivity index (χ0v) is 28.0. The maximum absolute atomic E-state index is 14.1. The first-order valence-electron chi connectivity index (χ1n) is 14.0. The third kappa shape index (κ3) is 6.61. The molecule has 1 amide bonds. The highest BCUT2D eigenvalue weighted by Gasteiger charge is 2.32. The molecule has 0 spiro atoms. The molecule has 6 rings (SSSR count). The number of nitrogens with one attached hydrogen (secondary N) is 1. The summed E-state index contributed by atoms with van der Waals surface area (Å²) in [4.78, 5) is 33.1. The number of hydrogen-bond donors (Lipinski definition) is 1. The molecule has 1 N–H and O–H groups in total. The highest BCUT2D eigenvalue weighted by molar-refractivity contribution is 14.1. The SMILES string of the molecule is COc1cc(/C=c2\sc3n(c2=O)C(c2ccc(Cl)cc2)C(C(=O)Nc2ccccc2)=C(C)N=3)cc(I)c1OCc1ccccc1. The fourth-order valence-corrected chi connectivity index (χ4v) is 7.09. The first-order valence-corrected chi connectivity index (χ1v) is 16.3. The Morgan fingerprint density at radius 2 is 1.73 bits per heavy atom. The van der Waals surface area contributed by atoms with E-state index in [1.54, 1.807) is 30.7 Å². The number of anilines is 1. The second-order valence-electron chi connectivity index (χ2n) is 10.3. The normalized spacial score (nSPS) is 14.5. The van der Waals surface area contributed by atoms with Gasteiger partial charge in [-0.25, -0.2) is 4.99 Å². The molecule has 1 aliphatic rings. The smallest absolute Gasteiger partial charge is 0.271 e. The minimum Gasteiger partial charge on any atom is -0.493 e. The van der Waals surface area contributed by atoms with Gasteiger partial charge in [0.2, 0.25) is 0 Å². The number of nitrogens with zero attached hydrogens (tertiary/aromatic N) is 2. The zero-order chi connectivity index (χ0) is 31.5. The van der Waals surface area contributed by atoms with Crippen LogP contribution in [0.15, 0.2) is 118 Å². The van der Waals surface area contributed by atoms with Gasteiger partial charge in [0, 0.05) is 10.7 Å². The molecule has 45 heavy (non-hydrogen) atoms. The summed E-state index contributed by atoms with van der Waals surface area (Å²) < 4.78 is 14.7. The first-order chi connectivity index (χ1) is 21.8. The Morgan fingerprint density at radius 3 is 2.42 bits per heavy atom. The highest BCUT2D eigenvalue weighted by Crippen LogP contribution is 2.35. The highest BCUT2D eigenvalue weighted by atomic mass is 127. The third-order valence-electron chi connectivity index (χ3n) is 7.26. The fourth-order valence-electron chi connectivity index (χ4n) is 5.14. The molecule has 5 aromatic rings. The molecule has 4 aromatic carbocycles. The Labute approximate surface area is 282 Å². The fraction of sp³-hybridized carbons (Fsp3) is 0.114. The Morgan fingerprint density at radius 1 is 1.04 bits per heavy atom. The van der Waals surface area contributed by atoms with Gasteiger partial charge in [-0.3, -0.25) is 14.2 Å². The lowest BCUT2D eigenvalue weighted by molar-refractivity contribution is -0.113. The van der Waals surface area contributed by atoms with E-state index in [0.717, 1.165) is 20.3 Å². The predicted octanol–water partition coefficient (Wildman–Crippen LogP) is 6.72. The van der Waals surface area contributed by atoms with Crippen molar-refractivity contribution in [3.05, 3.63) is 153 Å². The number of halogens is 2. The van der Waals surface area contributed by atoms with E-state index in [9.17, 15) is 9.59 Å². The summed E-state index contributed by atoms with van der Waals surface area (Å²) in [6, 6.07) is 29.4. The first kappa shape index (κ1) is 30.8. The number of allylic oxidation sites excluding steroid dienone is 1. The van der Waals surface area contributed by atoms with E-state index in [0.29, 0.717) is 49.4 Å². The van der Waals surface area contributed by atoms with Gasteiger partial charge in [0.25, 0.3) is 11.5 Å². The molecule has 0 saturated carbocycles. The Kier molecular flexibility index (Phi) is 9.20. The standard InChI is InChI=1S/C35H27ClIN3O4S/c1-21-30(33(41)39-26-11-7-4-8-12-26)31(24-13-15-25(36)16-14-24)40-34(42)29(45-35(40)38-21)19-23-17-27(37)32(28(18-23)43-2)44-20-22-9-5-3-6-10-22/h3-19,31H,20H2,1-2H3,(H,39,41)/b29-19-. The van der Waals surface area contributed by atoms with Gasteiger partial charge < -0.3 is 14.8 Å². The van der Waals surface area contributed by atoms with E-state index in [1.165, 1.54) is 11.3 Å². The number of fused-ring (bicyclic) bond motifs is 1. The Hall–Kier alpha value is -4.19. The summed E-state index contributed by atoms with van der Waals surface area (Å²) in [6.45, 7) is 2.19. The van der Waals surface area contributed by atoms with Gasteiger partial charge in [0.15, 0.2) is 16.3 Å². The van der Waals surface area contributed by atoms with Crippen molar-refractivity contribution in [1.82, 2.24) is 4.57 Å². The molecule has 1 atom stereocenters. The Bertz CT molecular complexity index is 2090. The van der Waals surface area contributed by atoms with Crippen molar-refractivity contribution in [3.8, 4) is 11.5 Å². The van der Waals surface area contributed by atoms with Crippen LogP contribution in [0.3, 0.4) is 0 Å². The van der Waals surface area contributed by atoms with Crippen molar-refractivity contribution < 1.29 is 14.3 Å². The minimum atomic E-state index is -0.701. The van der Waals surface area contributed by atoms with Gasteiger partial charge >= 0.3 is 0 Å². The van der Waals surface area contributed by atoms with Crippen LogP contribution in [0, 0.1) is 3.57 Å². The molecule has 7 nitrogen and oxygen atoms in total. The lowest BCUT2D eigenvalue weighted by atomic mass is 9.95. The van der Waals surface area contributed by atoms with Crippen molar-refractivity contribution in [1.29, 1.82) is 0 Å². The van der Waals surface area contributed by atoms with E-state index < -0.39 is 6.04 Å². The summed E-state index contributed by atoms with van der Waals surface area (Å²) in [6.07, 6.45) is 1.82. The largest absolute Gasteiger partial charge is 0.493 e. The van der Waals surface area contributed by atoms with Crippen LogP contribution in [0.25, 0.3) is 6.08 Å². The van der Waals surface area contributed by atoms with E-state index in [-0.39, 0.29) is 11.5 Å². The van der Waals surface area contributed by atoms with Gasteiger partial charge in [0.05, 0.1) is 32.5 Å². The van der Waals surface area contributed by atoms with Crippen LogP contribution >= 0.6 is 45.5 Å². The molecule has 0 radical (unpaired) electrons. The summed E-state index contributed by atoms with van der Waals surface area (Å²) in [5.41, 5.74) is 3.88. The van der Waals surface area contributed by atoms with Crippen molar-refractivity contribution >= 4 is 63.2 Å². The van der Waals surface area contributed by atoms with Crippen LogP contribution in [0.1, 0.15) is 29.7 Å². The number of aromatic nitrogens is 1. The molecule has 1 aliphatic heterocycles. The number of amides is 1. The molecule has 0 bridgehead atoms. The minimum absolute atomic E-state index is 0.255. The number of methoxy groups -OCH3 is 1. The second kappa shape index (κ2) is 13.4. The van der Waals surface area contributed by atoms with Gasteiger partial charge in [-0.15, -0.1) is 0 Å². The van der Waals surface area contributed by atoms with Gasteiger partial charge in [-0.2, -0.15) is 0 Å². The number of carbonyl (C=O) groups excluding carboxylic acids is 1. The monoisotopic (exact) mass is 747 g/mol. The summed E-state index contributed by atoms with van der Waals surface area (Å²) in [5.74, 6) is 0.863. The number of para-hydroxylation sites is 1. The molecule has 0 fully saturated rings. The molecule has 1 unspecified atom stereocenters. The van der Waals surface area contributed by atoms with Crippen molar-refractivity contribution in [2.24, 2.45) is 4.99 Å². The molecular weight excluding hydrogens is 721 g/mol. The van der Waals surface area contributed by atoms with Crippen LogP contribution < -0.4 is 29.7 Å². The van der Waals surface area contributed by atoms with Gasteiger partial charge in [-0.05, 0) is 88.7 Å². The van der Waals surface area contributed by atoms with Gasteiger partial charge in [-0.1, -0.05) is 83.6 Å². The maximum Gasteiger partial charge on any atom is 0.271 e. The molecule has 0 saturated heterocycles.